The maximum atomic E-state index is 12.7. The normalized spacial score (nSPS) is 11.5. The third kappa shape index (κ3) is 4.82. The second-order valence-electron chi connectivity index (χ2n) is 5.45. The van der Waals surface area contributed by atoms with Gasteiger partial charge in [0.1, 0.15) is 6.04 Å². The van der Waals surface area contributed by atoms with Gasteiger partial charge in [0.05, 0.1) is 14.2 Å². The van der Waals surface area contributed by atoms with Crippen LogP contribution in [-0.2, 0) is 19.1 Å². The number of esters is 2. The molecule has 138 valence electrons. The molecule has 2 rings (SSSR count). The first-order valence-electron chi connectivity index (χ1n) is 7.85. The molecule has 1 aromatic carbocycles. The number of methoxy groups -OCH3 is 2. The van der Waals surface area contributed by atoms with Crippen molar-refractivity contribution >= 4 is 34.9 Å². The van der Waals surface area contributed by atoms with E-state index in [-0.39, 0.29) is 12.8 Å². The van der Waals surface area contributed by atoms with Crippen molar-refractivity contribution in [3.05, 3.63) is 41.3 Å². The molecular formula is C18H20N2O5S. The van der Waals surface area contributed by atoms with Crippen LogP contribution in [0.1, 0.15) is 23.2 Å². The summed E-state index contributed by atoms with van der Waals surface area (Å²) >= 11 is 1.47. The van der Waals surface area contributed by atoms with E-state index in [1.807, 2.05) is 17.5 Å². The van der Waals surface area contributed by atoms with Crippen molar-refractivity contribution in [1.82, 2.24) is 5.32 Å². The smallest absolute Gasteiger partial charge is 0.328 e. The average molecular weight is 376 g/mol. The lowest BCUT2D eigenvalue weighted by atomic mass is 10.0. The Labute approximate surface area is 155 Å². The number of carbonyl (C=O) groups is 3. The van der Waals surface area contributed by atoms with Gasteiger partial charge in [0.15, 0.2) is 0 Å². The molecule has 1 amide bonds. The van der Waals surface area contributed by atoms with Gasteiger partial charge in [0, 0.05) is 28.1 Å². The Morgan fingerprint density at radius 2 is 1.96 bits per heavy atom. The Morgan fingerprint density at radius 1 is 1.19 bits per heavy atom. The number of benzene rings is 1. The molecule has 1 heterocycles. The fourth-order valence-electron chi connectivity index (χ4n) is 2.39. The highest BCUT2D eigenvalue weighted by molar-refractivity contribution is 7.13. The number of anilines is 1. The fraction of sp³-hybridized carbons (Fsp3) is 0.278. The van der Waals surface area contributed by atoms with Crippen LogP contribution in [-0.4, -0.2) is 38.1 Å². The second kappa shape index (κ2) is 9.00. The van der Waals surface area contributed by atoms with Crippen molar-refractivity contribution in [1.29, 1.82) is 0 Å². The summed E-state index contributed by atoms with van der Waals surface area (Å²) in [5.41, 5.74) is 7.43. The van der Waals surface area contributed by atoms with Gasteiger partial charge in [0.25, 0.3) is 5.91 Å². The van der Waals surface area contributed by atoms with Crippen LogP contribution in [0.4, 0.5) is 5.69 Å². The van der Waals surface area contributed by atoms with Crippen LogP contribution >= 0.6 is 11.3 Å². The number of nitrogen functional groups attached to an aromatic ring is 1. The van der Waals surface area contributed by atoms with E-state index in [0.717, 1.165) is 4.88 Å². The third-order valence-electron chi connectivity index (χ3n) is 3.73. The summed E-state index contributed by atoms with van der Waals surface area (Å²) in [6.45, 7) is 0. The monoisotopic (exact) mass is 376 g/mol. The number of thiophene rings is 1. The van der Waals surface area contributed by atoms with Crippen LogP contribution in [0.2, 0.25) is 0 Å². The molecule has 0 spiro atoms. The molecule has 1 aromatic heterocycles. The summed E-state index contributed by atoms with van der Waals surface area (Å²) in [4.78, 5) is 36.9. The third-order valence-corrected chi connectivity index (χ3v) is 4.63. The van der Waals surface area contributed by atoms with E-state index in [0.29, 0.717) is 16.8 Å². The Kier molecular flexibility index (Phi) is 6.74. The lowest BCUT2D eigenvalue weighted by molar-refractivity contribution is -0.144. The van der Waals surface area contributed by atoms with Crippen molar-refractivity contribution in [3.8, 4) is 10.4 Å². The molecule has 26 heavy (non-hydrogen) atoms. The molecular weight excluding hydrogens is 356 g/mol. The number of amides is 1. The maximum absolute atomic E-state index is 12.7. The molecule has 0 saturated carbocycles. The molecule has 3 N–H and O–H groups in total. The molecule has 0 aliphatic rings. The van der Waals surface area contributed by atoms with Crippen LogP contribution in [0.25, 0.3) is 10.4 Å². The quantitative estimate of drug-likeness (QED) is 0.567. The Hall–Kier alpha value is -2.87. The lowest BCUT2D eigenvalue weighted by Crippen LogP contribution is -2.42. The molecule has 0 saturated heterocycles. The molecule has 1 atom stereocenters. The van der Waals surface area contributed by atoms with Crippen molar-refractivity contribution in [2.45, 2.75) is 18.9 Å². The van der Waals surface area contributed by atoms with Crippen molar-refractivity contribution in [3.63, 3.8) is 0 Å². The molecule has 0 radical (unpaired) electrons. The van der Waals surface area contributed by atoms with Gasteiger partial charge >= 0.3 is 11.9 Å². The highest BCUT2D eigenvalue weighted by Gasteiger charge is 2.24. The van der Waals surface area contributed by atoms with Gasteiger partial charge in [-0.05, 0) is 36.1 Å². The molecule has 0 aliphatic carbocycles. The van der Waals surface area contributed by atoms with Crippen LogP contribution in [0.3, 0.4) is 0 Å². The maximum Gasteiger partial charge on any atom is 0.328 e. The molecule has 0 fully saturated rings. The Morgan fingerprint density at radius 3 is 2.58 bits per heavy atom. The summed E-state index contributed by atoms with van der Waals surface area (Å²) in [6.07, 6.45) is 0.0600. The van der Waals surface area contributed by atoms with Crippen LogP contribution in [0.5, 0.6) is 0 Å². The Balaban J connectivity index is 2.24. The van der Waals surface area contributed by atoms with Gasteiger partial charge in [-0.2, -0.15) is 0 Å². The largest absolute Gasteiger partial charge is 0.469 e. The zero-order chi connectivity index (χ0) is 19.1. The summed E-state index contributed by atoms with van der Waals surface area (Å²) in [5.74, 6) is -1.55. The Bertz CT molecular complexity index is 789. The van der Waals surface area contributed by atoms with E-state index in [9.17, 15) is 14.4 Å². The summed E-state index contributed by atoms with van der Waals surface area (Å²) < 4.78 is 9.28. The van der Waals surface area contributed by atoms with Crippen LogP contribution in [0, 0.1) is 0 Å². The molecule has 8 heteroatoms. The zero-order valence-corrected chi connectivity index (χ0v) is 15.3. The van der Waals surface area contributed by atoms with Crippen molar-refractivity contribution < 1.29 is 23.9 Å². The van der Waals surface area contributed by atoms with Gasteiger partial charge in [-0.3, -0.25) is 9.59 Å². The highest BCUT2D eigenvalue weighted by atomic mass is 32.1. The number of nitrogens with one attached hydrogen (secondary N) is 1. The van der Waals surface area contributed by atoms with Gasteiger partial charge < -0.3 is 20.5 Å². The fourth-order valence-corrected chi connectivity index (χ4v) is 3.14. The van der Waals surface area contributed by atoms with Crippen LogP contribution < -0.4 is 11.1 Å². The number of carbonyl (C=O) groups excluding carboxylic acids is 3. The van der Waals surface area contributed by atoms with Crippen LogP contribution in [0.15, 0.2) is 35.7 Å². The number of rotatable bonds is 7. The standard InChI is InChI=1S/C18H20N2O5S/c1-24-16(21)8-7-14(18(23)25-2)20-17(22)12-6-5-11(19)10-13(12)15-4-3-9-26-15/h3-6,9-10,14H,7-8,19H2,1-2H3,(H,20,22)/t14-/m0/s1. The van der Waals surface area contributed by atoms with Crippen molar-refractivity contribution in [2.24, 2.45) is 0 Å². The minimum Gasteiger partial charge on any atom is -0.469 e. The number of hydrogen-bond acceptors (Lipinski definition) is 7. The lowest BCUT2D eigenvalue weighted by Gasteiger charge is -2.17. The first-order chi connectivity index (χ1) is 12.5. The van der Waals surface area contributed by atoms with Crippen molar-refractivity contribution in [2.75, 3.05) is 20.0 Å². The molecule has 2 aromatic rings. The second-order valence-corrected chi connectivity index (χ2v) is 6.39. The van der Waals surface area contributed by atoms with Gasteiger partial charge in [-0.25, -0.2) is 4.79 Å². The highest BCUT2D eigenvalue weighted by Crippen LogP contribution is 2.30. The zero-order valence-electron chi connectivity index (χ0n) is 14.5. The van der Waals surface area contributed by atoms with E-state index < -0.39 is 23.9 Å². The van der Waals surface area contributed by atoms with E-state index in [1.165, 1.54) is 25.6 Å². The molecule has 0 unspecified atom stereocenters. The first-order valence-corrected chi connectivity index (χ1v) is 8.73. The predicted octanol–water partition coefficient (Wildman–Crippen LogP) is 2.22. The molecule has 7 nitrogen and oxygen atoms in total. The van der Waals surface area contributed by atoms with E-state index in [2.05, 4.69) is 10.1 Å². The van der Waals surface area contributed by atoms with E-state index >= 15 is 0 Å². The summed E-state index contributed by atoms with van der Waals surface area (Å²) in [7, 11) is 2.48. The van der Waals surface area contributed by atoms with E-state index in [1.54, 1.807) is 18.2 Å². The first kappa shape index (κ1) is 19.5. The number of nitrogens with two attached hydrogens (primary N) is 1. The van der Waals surface area contributed by atoms with Gasteiger partial charge in [-0.1, -0.05) is 6.07 Å². The van der Waals surface area contributed by atoms with Gasteiger partial charge in [-0.15, -0.1) is 11.3 Å². The van der Waals surface area contributed by atoms with E-state index in [4.69, 9.17) is 10.5 Å². The predicted molar refractivity (Wildman–Crippen MR) is 98.7 cm³/mol. The van der Waals surface area contributed by atoms with Gasteiger partial charge in [0.2, 0.25) is 0 Å². The topological polar surface area (TPSA) is 108 Å². The molecule has 0 aliphatic heterocycles. The average Bonchev–Trinajstić information content (AvgIpc) is 3.18. The number of hydrogen-bond donors (Lipinski definition) is 2. The number of ether oxygens (including phenoxy) is 2. The minimum absolute atomic E-state index is 0.0178. The summed E-state index contributed by atoms with van der Waals surface area (Å²) in [6, 6.07) is 7.73. The minimum atomic E-state index is -0.958. The summed E-state index contributed by atoms with van der Waals surface area (Å²) in [5, 5.41) is 4.52. The SMILES string of the molecule is COC(=O)CC[C@H](NC(=O)c1ccc(N)cc1-c1cccs1)C(=O)OC. The molecule has 0 bridgehead atoms.